The van der Waals surface area contributed by atoms with Gasteiger partial charge in [0.2, 0.25) is 5.89 Å². The average Bonchev–Trinajstić information content (AvgIpc) is 3.82. The molecule has 12 nitrogen and oxygen atoms in total. The molecule has 4 aromatic heterocycles. The zero-order chi connectivity index (χ0) is 30.2. The molecular formula is C30H26F2N10O2. The predicted octanol–water partition coefficient (Wildman–Crippen LogP) is 4.22. The molecule has 2 aromatic carbocycles. The van der Waals surface area contributed by atoms with Crippen LogP contribution in [-0.4, -0.2) is 81.8 Å². The molecule has 0 bridgehead atoms. The largest absolute Gasteiger partial charge is 0.436 e. The molecular weight excluding hydrogens is 570 g/mol. The minimum Gasteiger partial charge on any atom is -0.436 e. The van der Waals surface area contributed by atoms with Crippen molar-refractivity contribution in [3.63, 3.8) is 0 Å². The van der Waals surface area contributed by atoms with Crippen molar-refractivity contribution in [3.05, 3.63) is 96.3 Å². The monoisotopic (exact) mass is 596 g/mol. The second-order valence-electron chi connectivity index (χ2n) is 10.4. The molecule has 0 radical (unpaired) electrons. The highest BCUT2D eigenvalue weighted by Gasteiger charge is 2.32. The minimum atomic E-state index is -2.88. The summed E-state index contributed by atoms with van der Waals surface area (Å²) in [6.07, 6.45) is 5.29. The standard InChI is InChI=1S/C30H26F2N10O2/c1-39-18-22(17-34-39)20-7-8-25-23(15-20)35-28(44-25)21-9-10-33-24(16-21)29(43)41-13-11-40(12-14-41)26(19-5-3-2-4-6-19)27-36-38-42(37-27)30(31)32/h2-10,15-18,26,30H,11-14H2,1H3/t26-/m1/s1. The number of pyridine rings is 1. The molecule has 0 saturated carbocycles. The maximum absolute atomic E-state index is 13.5. The van der Waals surface area contributed by atoms with Gasteiger partial charge in [-0.1, -0.05) is 41.2 Å². The molecule has 0 aliphatic carbocycles. The van der Waals surface area contributed by atoms with Gasteiger partial charge in [0, 0.05) is 56.7 Å². The van der Waals surface area contributed by atoms with E-state index < -0.39 is 12.6 Å². The number of carbonyl (C=O) groups is 1. The number of nitrogens with zero attached hydrogens (tertiary/aromatic N) is 10. The highest BCUT2D eigenvalue weighted by Crippen LogP contribution is 2.30. The van der Waals surface area contributed by atoms with Crippen LogP contribution in [0.15, 0.2) is 83.7 Å². The number of tetrazole rings is 1. The third-order valence-corrected chi connectivity index (χ3v) is 7.60. The van der Waals surface area contributed by atoms with Crippen molar-refractivity contribution in [3.8, 4) is 22.6 Å². The van der Waals surface area contributed by atoms with Crippen molar-refractivity contribution in [1.82, 2.24) is 49.8 Å². The smallest absolute Gasteiger partial charge is 0.350 e. The summed E-state index contributed by atoms with van der Waals surface area (Å²) in [5.41, 5.74) is 5.03. The van der Waals surface area contributed by atoms with Crippen LogP contribution < -0.4 is 0 Å². The Hall–Kier alpha value is -5.37. The van der Waals surface area contributed by atoms with Crippen molar-refractivity contribution in [2.75, 3.05) is 26.2 Å². The van der Waals surface area contributed by atoms with Crippen molar-refractivity contribution in [2.45, 2.75) is 12.6 Å². The number of rotatable bonds is 7. The van der Waals surface area contributed by atoms with E-state index in [4.69, 9.17) is 4.42 Å². The lowest BCUT2D eigenvalue weighted by atomic mass is 10.0. The van der Waals surface area contributed by atoms with Gasteiger partial charge in [-0.2, -0.15) is 13.9 Å². The van der Waals surface area contributed by atoms with E-state index in [-0.39, 0.29) is 17.4 Å². The Morgan fingerprint density at radius 1 is 0.955 bits per heavy atom. The Kier molecular flexibility index (Phi) is 7.10. The number of carbonyl (C=O) groups excluding carboxylic acids is 1. The molecule has 14 heteroatoms. The molecule has 44 heavy (non-hydrogen) atoms. The lowest BCUT2D eigenvalue weighted by molar-refractivity contribution is 0.0385. The van der Waals surface area contributed by atoms with Crippen molar-refractivity contribution < 1.29 is 18.0 Å². The van der Waals surface area contributed by atoms with Crippen molar-refractivity contribution >= 4 is 17.0 Å². The van der Waals surface area contributed by atoms with E-state index in [0.717, 1.165) is 16.7 Å². The molecule has 6 aromatic rings. The van der Waals surface area contributed by atoms with Gasteiger partial charge < -0.3 is 9.32 Å². The summed E-state index contributed by atoms with van der Waals surface area (Å²) in [5, 5.41) is 15.6. The van der Waals surface area contributed by atoms with Gasteiger partial charge in [0.25, 0.3) is 5.91 Å². The van der Waals surface area contributed by atoms with Crippen LogP contribution in [0.3, 0.4) is 0 Å². The molecule has 7 rings (SSSR count). The number of hydrogen-bond donors (Lipinski definition) is 0. The van der Waals surface area contributed by atoms with Gasteiger partial charge in [-0.3, -0.25) is 19.4 Å². The quantitative estimate of drug-likeness (QED) is 0.266. The minimum absolute atomic E-state index is 0.177. The van der Waals surface area contributed by atoms with E-state index in [0.29, 0.717) is 53.5 Å². The summed E-state index contributed by atoms with van der Waals surface area (Å²) in [5.74, 6) is 0.343. The maximum Gasteiger partial charge on any atom is 0.350 e. The summed E-state index contributed by atoms with van der Waals surface area (Å²) in [7, 11) is 1.86. The predicted molar refractivity (Wildman–Crippen MR) is 154 cm³/mol. The molecule has 222 valence electrons. The van der Waals surface area contributed by atoms with Gasteiger partial charge in [-0.15, -0.1) is 10.2 Å². The van der Waals surface area contributed by atoms with Gasteiger partial charge in [0.1, 0.15) is 11.2 Å². The molecule has 1 fully saturated rings. The molecule has 1 aliphatic heterocycles. The third-order valence-electron chi connectivity index (χ3n) is 7.60. The fourth-order valence-electron chi connectivity index (χ4n) is 5.41. The first-order chi connectivity index (χ1) is 21.4. The van der Waals surface area contributed by atoms with Crippen LogP contribution in [0.4, 0.5) is 8.78 Å². The second kappa shape index (κ2) is 11.4. The highest BCUT2D eigenvalue weighted by atomic mass is 19.3. The van der Waals surface area contributed by atoms with Crippen LogP contribution in [0.25, 0.3) is 33.7 Å². The van der Waals surface area contributed by atoms with Crippen LogP contribution in [-0.2, 0) is 7.05 Å². The van der Waals surface area contributed by atoms with E-state index in [1.165, 1.54) is 0 Å². The van der Waals surface area contributed by atoms with Crippen LogP contribution in [0.2, 0.25) is 0 Å². The molecule has 1 atom stereocenters. The van der Waals surface area contributed by atoms with Gasteiger partial charge in [-0.05, 0) is 40.6 Å². The Labute approximate surface area is 249 Å². The number of hydrogen-bond acceptors (Lipinski definition) is 9. The number of amides is 1. The number of benzene rings is 2. The number of aryl methyl sites for hydroxylation is 1. The van der Waals surface area contributed by atoms with Gasteiger partial charge >= 0.3 is 6.55 Å². The summed E-state index contributed by atoms with van der Waals surface area (Å²) < 4.78 is 34.1. The number of fused-ring (bicyclic) bond motifs is 1. The molecule has 0 spiro atoms. The lowest BCUT2D eigenvalue weighted by Crippen LogP contribution is -2.50. The molecule has 1 aliphatic rings. The highest BCUT2D eigenvalue weighted by molar-refractivity contribution is 5.93. The van der Waals surface area contributed by atoms with Crippen LogP contribution >= 0.6 is 0 Å². The Morgan fingerprint density at radius 2 is 1.77 bits per heavy atom. The van der Waals surface area contributed by atoms with E-state index >= 15 is 0 Å². The fraction of sp³-hybridized carbons (Fsp3) is 0.233. The van der Waals surface area contributed by atoms with Gasteiger partial charge in [-0.25, -0.2) is 4.98 Å². The van der Waals surface area contributed by atoms with Crippen molar-refractivity contribution in [1.29, 1.82) is 0 Å². The first-order valence-corrected chi connectivity index (χ1v) is 13.9. The SMILES string of the molecule is Cn1cc(-c2ccc3oc(-c4ccnc(C(=O)N5CCN([C@H](c6ccccc6)c6nnn(C(F)F)n6)CC5)c4)nc3c2)cn1. The van der Waals surface area contributed by atoms with Gasteiger partial charge in [0.15, 0.2) is 11.4 Å². The van der Waals surface area contributed by atoms with E-state index in [9.17, 15) is 13.6 Å². The van der Waals surface area contributed by atoms with Crippen LogP contribution in [0.1, 0.15) is 34.5 Å². The second-order valence-corrected chi connectivity index (χ2v) is 10.4. The Balaban J connectivity index is 1.08. The number of piperazine rings is 1. The number of halogens is 2. The fourth-order valence-corrected chi connectivity index (χ4v) is 5.41. The van der Waals surface area contributed by atoms with E-state index in [1.54, 1.807) is 34.1 Å². The van der Waals surface area contributed by atoms with E-state index in [1.807, 2.05) is 61.8 Å². The Morgan fingerprint density at radius 3 is 2.50 bits per heavy atom. The lowest BCUT2D eigenvalue weighted by Gasteiger charge is -2.38. The zero-order valence-electron chi connectivity index (χ0n) is 23.5. The molecule has 1 amide bonds. The van der Waals surface area contributed by atoms with Crippen LogP contribution in [0, 0.1) is 0 Å². The molecule has 0 unspecified atom stereocenters. The number of aromatic nitrogens is 8. The first-order valence-electron chi connectivity index (χ1n) is 13.9. The summed E-state index contributed by atoms with van der Waals surface area (Å²) in [4.78, 5) is 26.6. The first kappa shape index (κ1) is 27.5. The average molecular weight is 597 g/mol. The van der Waals surface area contributed by atoms with Gasteiger partial charge in [0.05, 0.1) is 12.2 Å². The normalized spacial score (nSPS) is 14.9. The number of alkyl halides is 2. The summed E-state index contributed by atoms with van der Waals surface area (Å²) >= 11 is 0. The molecule has 5 heterocycles. The zero-order valence-corrected chi connectivity index (χ0v) is 23.5. The van der Waals surface area contributed by atoms with E-state index in [2.05, 4.69) is 35.4 Å². The molecule has 1 saturated heterocycles. The third kappa shape index (κ3) is 5.30. The van der Waals surface area contributed by atoms with Crippen LogP contribution in [0.5, 0.6) is 0 Å². The Bertz CT molecular complexity index is 1930. The summed E-state index contributed by atoms with van der Waals surface area (Å²) in [6, 6.07) is 18.1. The van der Waals surface area contributed by atoms with Crippen molar-refractivity contribution in [2.24, 2.45) is 7.05 Å². The maximum atomic E-state index is 13.5. The molecule has 0 N–H and O–H groups in total. The number of oxazole rings is 1. The summed E-state index contributed by atoms with van der Waals surface area (Å²) in [6.45, 7) is -1.14. The topological polar surface area (TPSA) is 124 Å².